The first-order valence-corrected chi connectivity index (χ1v) is 6.26. The van der Waals surface area contributed by atoms with Crippen LogP contribution in [0.15, 0.2) is 30.9 Å². The molecule has 0 fully saturated rings. The summed E-state index contributed by atoms with van der Waals surface area (Å²) in [6, 6.07) is 5.89. The van der Waals surface area contributed by atoms with Gasteiger partial charge in [0.05, 0.1) is 12.3 Å². The molecule has 0 aliphatic heterocycles. The molecule has 0 heterocycles. The first-order chi connectivity index (χ1) is 8.61. The van der Waals surface area contributed by atoms with E-state index in [1.54, 1.807) is 11.0 Å². The lowest BCUT2D eigenvalue weighted by Crippen LogP contribution is -2.35. The Kier molecular flexibility index (Phi) is 5.89. The lowest BCUT2D eigenvalue weighted by atomic mass is 10.1. The van der Waals surface area contributed by atoms with E-state index in [0.717, 1.165) is 16.8 Å². The van der Waals surface area contributed by atoms with Crippen LogP contribution in [0.25, 0.3) is 0 Å². The Balaban J connectivity index is 3.01. The molecule has 3 nitrogen and oxygen atoms in total. The van der Waals surface area contributed by atoms with E-state index in [2.05, 4.69) is 6.58 Å². The molecule has 0 bridgehead atoms. The van der Waals surface area contributed by atoms with Gasteiger partial charge in [-0.15, -0.1) is 18.2 Å². The van der Waals surface area contributed by atoms with Gasteiger partial charge in [0, 0.05) is 0 Å². The van der Waals surface area contributed by atoms with Gasteiger partial charge in [-0.25, -0.2) is 0 Å². The molecular weight excluding hydrogens is 250 g/mol. The van der Waals surface area contributed by atoms with Crippen LogP contribution in [0.2, 0.25) is 0 Å². The maximum absolute atomic E-state index is 11.9. The predicted octanol–water partition coefficient (Wildman–Crippen LogP) is 3.04. The van der Waals surface area contributed by atoms with Crippen molar-refractivity contribution in [2.45, 2.75) is 13.8 Å². The molecule has 0 spiro atoms. The summed E-state index contributed by atoms with van der Waals surface area (Å²) in [5.41, 5.74) is 2.92. The van der Waals surface area contributed by atoms with E-state index in [0.29, 0.717) is 6.61 Å². The second-order valence-corrected chi connectivity index (χ2v) is 4.25. The molecule has 18 heavy (non-hydrogen) atoms. The minimum atomic E-state index is -0.168. The van der Waals surface area contributed by atoms with Crippen LogP contribution in [0.3, 0.4) is 0 Å². The number of para-hydroxylation sites is 1. The smallest absolute Gasteiger partial charge is 0.243 e. The van der Waals surface area contributed by atoms with Gasteiger partial charge >= 0.3 is 0 Å². The molecule has 0 aliphatic rings. The van der Waals surface area contributed by atoms with Crippen LogP contribution in [0.4, 0.5) is 5.69 Å². The quantitative estimate of drug-likeness (QED) is 0.343. The summed E-state index contributed by atoms with van der Waals surface area (Å²) in [4.78, 5) is 13.5. The number of hydrogen-bond acceptors (Lipinski definition) is 2. The molecule has 4 heteroatoms. The molecule has 0 saturated heterocycles. The average molecular weight is 268 g/mol. The number of aryl methyl sites for hydroxylation is 2. The number of benzene rings is 1. The average Bonchev–Trinajstić information content (AvgIpc) is 2.36. The maximum atomic E-state index is 11.9. The van der Waals surface area contributed by atoms with Crippen molar-refractivity contribution in [1.82, 2.24) is 0 Å². The van der Waals surface area contributed by atoms with Crippen molar-refractivity contribution in [2.24, 2.45) is 0 Å². The van der Waals surface area contributed by atoms with E-state index in [1.807, 2.05) is 32.0 Å². The Morgan fingerprint density at radius 2 is 2.06 bits per heavy atom. The van der Waals surface area contributed by atoms with E-state index in [9.17, 15) is 4.79 Å². The standard InChI is InChI=1S/C14H18ClNO2/c1-4-8-18-10-16(13(17)9-15)14-11(2)6-5-7-12(14)3/h4-7H,1,8-10H2,2-3H3. The van der Waals surface area contributed by atoms with Crippen molar-refractivity contribution in [3.63, 3.8) is 0 Å². The fourth-order valence-corrected chi connectivity index (χ4v) is 1.94. The van der Waals surface area contributed by atoms with Crippen LogP contribution in [0.5, 0.6) is 0 Å². The first kappa shape index (κ1) is 14.7. The zero-order chi connectivity index (χ0) is 13.5. The first-order valence-electron chi connectivity index (χ1n) is 5.73. The largest absolute Gasteiger partial charge is 0.357 e. The van der Waals surface area contributed by atoms with E-state index in [1.165, 1.54) is 0 Å². The minimum absolute atomic E-state index is 0.0643. The Morgan fingerprint density at radius 3 is 2.56 bits per heavy atom. The molecule has 0 unspecified atom stereocenters. The number of anilines is 1. The number of halogens is 1. The third-order valence-corrected chi connectivity index (χ3v) is 2.81. The molecule has 0 saturated carbocycles. The van der Waals surface area contributed by atoms with Crippen LogP contribution < -0.4 is 4.90 Å². The summed E-state index contributed by atoms with van der Waals surface area (Å²) < 4.78 is 5.36. The summed E-state index contributed by atoms with van der Waals surface area (Å²) in [5, 5.41) is 0. The van der Waals surface area contributed by atoms with Crippen molar-refractivity contribution >= 4 is 23.2 Å². The van der Waals surface area contributed by atoms with Gasteiger partial charge in [0.25, 0.3) is 0 Å². The Labute approximate surface area is 113 Å². The zero-order valence-electron chi connectivity index (χ0n) is 10.8. The molecule has 98 valence electrons. The SMILES string of the molecule is C=CCOCN(C(=O)CCl)c1c(C)cccc1C. The van der Waals surface area contributed by atoms with E-state index >= 15 is 0 Å². The number of nitrogens with zero attached hydrogens (tertiary/aromatic N) is 1. The number of ether oxygens (including phenoxy) is 1. The van der Waals surface area contributed by atoms with Gasteiger partial charge in [-0.3, -0.25) is 9.69 Å². The van der Waals surface area contributed by atoms with Crippen molar-refractivity contribution in [1.29, 1.82) is 0 Å². The van der Waals surface area contributed by atoms with Crippen molar-refractivity contribution in [2.75, 3.05) is 24.1 Å². The Bertz CT molecular complexity index is 412. The zero-order valence-corrected chi connectivity index (χ0v) is 11.5. The van der Waals surface area contributed by atoms with Gasteiger partial charge < -0.3 is 4.74 Å². The van der Waals surface area contributed by atoms with Crippen LogP contribution in [0, 0.1) is 13.8 Å². The van der Waals surface area contributed by atoms with Gasteiger partial charge in [0.15, 0.2) is 0 Å². The number of carbonyl (C=O) groups excluding carboxylic acids is 1. The second kappa shape index (κ2) is 7.19. The number of hydrogen-bond donors (Lipinski definition) is 0. The highest BCUT2D eigenvalue weighted by molar-refractivity contribution is 6.29. The topological polar surface area (TPSA) is 29.5 Å². The lowest BCUT2D eigenvalue weighted by molar-refractivity contribution is -0.117. The molecule has 0 atom stereocenters. The van der Waals surface area contributed by atoms with Crippen LogP contribution >= 0.6 is 11.6 Å². The molecule has 0 aliphatic carbocycles. The summed E-state index contributed by atoms with van der Waals surface area (Å²) in [5.74, 6) is -0.233. The van der Waals surface area contributed by atoms with Crippen LogP contribution in [-0.4, -0.2) is 25.1 Å². The van der Waals surface area contributed by atoms with E-state index < -0.39 is 0 Å². The summed E-state index contributed by atoms with van der Waals surface area (Å²) in [7, 11) is 0. The third-order valence-electron chi connectivity index (χ3n) is 2.58. The molecule has 0 N–H and O–H groups in total. The number of amides is 1. The highest BCUT2D eigenvalue weighted by Gasteiger charge is 2.18. The van der Waals surface area contributed by atoms with Crippen molar-refractivity contribution < 1.29 is 9.53 Å². The van der Waals surface area contributed by atoms with Crippen molar-refractivity contribution in [3.05, 3.63) is 42.0 Å². The highest BCUT2D eigenvalue weighted by Crippen LogP contribution is 2.24. The Morgan fingerprint density at radius 1 is 1.44 bits per heavy atom. The molecular formula is C14H18ClNO2. The van der Waals surface area contributed by atoms with Gasteiger partial charge in [-0.1, -0.05) is 24.3 Å². The van der Waals surface area contributed by atoms with Gasteiger partial charge in [-0.05, 0) is 25.0 Å². The van der Waals surface area contributed by atoms with E-state index in [-0.39, 0.29) is 18.5 Å². The number of alkyl halides is 1. The van der Waals surface area contributed by atoms with Crippen LogP contribution in [0.1, 0.15) is 11.1 Å². The van der Waals surface area contributed by atoms with Gasteiger partial charge in [0.2, 0.25) is 5.91 Å². The monoisotopic (exact) mass is 267 g/mol. The third kappa shape index (κ3) is 3.59. The summed E-state index contributed by atoms with van der Waals surface area (Å²) in [6.45, 7) is 8.08. The van der Waals surface area contributed by atoms with Crippen molar-refractivity contribution in [3.8, 4) is 0 Å². The fraction of sp³-hybridized carbons (Fsp3) is 0.357. The minimum Gasteiger partial charge on any atom is -0.357 e. The molecule has 0 aromatic heterocycles. The lowest BCUT2D eigenvalue weighted by Gasteiger charge is -2.25. The predicted molar refractivity (Wildman–Crippen MR) is 75.1 cm³/mol. The van der Waals surface area contributed by atoms with Crippen LogP contribution in [-0.2, 0) is 9.53 Å². The molecule has 1 rings (SSSR count). The van der Waals surface area contributed by atoms with Gasteiger partial charge in [0.1, 0.15) is 12.6 Å². The number of rotatable bonds is 6. The highest BCUT2D eigenvalue weighted by atomic mass is 35.5. The fourth-order valence-electron chi connectivity index (χ4n) is 1.79. The molecule has 0 radical (unpaired) electrons. The summed E-state index contributed by atoms with van der Waals surface area (Å²) >= 11 is 5.65. The number of carbonyl (C=O) groups is 1. The second-order valence-electron chi connectivity index (χ2n) is 3.98. The molecule has 1 aromatic carbocycles. The molecule has 1 amide bonds. The van der Waals surface area contributed by atoms with E-state index in [4.69, 9.17) is 16.3 Å². The normalized spacial score (nSPS) is 10.2. The molecule has 1 aromatic rings. The summed E-state index contributed by atoms with van der Waals surface area (Å²) in [6.07, 6.45) is 1.65. The maximum Gasteiger partial charge on any atom is 0.243 e. The van der Waals surface area contributed by atoms with Gasteiger partial charge in [-0.2, -0.15) is 0 Å². The Hall–Kier alpha value is -1.32.